The molecular formula is C14H12FN5. The first-order chi connectivity index (χ1) is 9.81. The van der Waals surface area contributed by atoms with Crippen molar-refractivity contribution in [2.24, 2.45) is 0 Å². The van der Waals surface area contributed by atoms with Crippen LogP contribution >= 0.6 is 0 Å². The maximum atomic E-state index is 12.8. The number of pyridine rings is 1. The molecule has 0 bridgehead atoms. The first-order valence-corrected chi connectivity index (χ1v) is 6.13. The molecule has 6 heteroatoms. The standard InChI is InChI=1S/C14H12FN5/c15-10-4-6-11(7-5-10)17-9-13-18-14(20-19-13)12-3-1-2-8-16-12/h1-8,17H,9H2,(H,18,19,20). The lowest BCUT2D eigenvalue weighted by Gasteiger charge is -2.03. The molecule has 2 heterocycles. The Morgan fingerprint density at radius 2 is 1.95 bits per heavy atom. The smallest absolute Gasteiger partial charge is 0.199 e. The molecule has 0 saturated carbocycles. The van der Waals surface area contributed by atoms with Crippen molar-refractivity contribution in [1.82, 2.24) is 20.2 Å². The monoisotopic (exact) mass is 269 g/mol. The highest BCUT2D eigenvalue weighted by molar-refractivity contribution is 5.48. The minimum absolute atomic E-state index is 0.257. The Bertz CT molecular complexity index is 678. The lowest BCUT2D eigenvalue weighted by molar-refractivity contribution is 0.628. The van der Waals surface area contributed by atoms with Gasteiger partial charge in [-0.1, -0.05) is 6.07 Å². The molecule has 0 radical (unpaired) electrons. The number of benzene rings is 1. The molecule has 3 rings (SSSR count). The molecule has 3 aromatic rings. The van der Waals surface area contributed by atoms with Gasteiger partial charge in [-0.2, -0.15) is 5.10 Å². The zero-order valence-electron chi connectivity index (χ0n) is 10.5. The first-order valence-electron chi connectivity index (χ1n) is 6.13. The first kappa shape index (κ1) is 12.3. The molecule has 0 unspecified atom stereocenters. The van der Waals surface area contributed by atoms with Gasteiger partial charge in [-0.25, -0.2) is 9.37 Å². The van der Waals surface area contributed by atoms with Crippen molar-refractivity contribution in [2.45, 2.75) is 6.54 Å². The third kappa shape index (κ3) is 2.80. The Hall–Kier alpha value is -2.76. The van der Waals surface area contributed by atoms with Crippen LogP contribution in [0, 0.1) is 5.82 Å². The Balaban J connectivity index is 1.67. The largest absolute Gasteiger partial charge is 0.378 e. The summed E-state index contributed by atoms with van der Waals surface area (Å²) >= 11 is 0. The Morgan fingerprint density at radius 1 is 1.10 bits per heavy atom. The summed E-state index contributed by atoms with van der Waals surface area (Å²) in [5.74, 6) is 0.990. The van der Waals surface area contributed by atoms with E-state index in [0.29, 0.717) is 18.2 Å². The molecule has 1 aromatic carbocycles. The van der Waals surface area contributed by atoms with E-state index >= 15 is 0 Å². The van der Waals surface area contributed by atoms with Crippen molar-refractivity contribution >= 4 is 5.69 Å². The predicted molar refractivity (Wildman–Crippen MR) is 73.3 cm³/mol. The molecule has 5 nitrogen and oxygen atoms in total. The van der Waals surface area contributed by atoms with E-state index in [1.807, 2.05) is 18.2 Å². The average Bonchev–Trinajstić information content (AvgIpc) is 2.97. The maximum Gasteiger partial charge on any atom is 0.199 e. The second kappa shape index (κ2) is 5.48. The summed E-state index contributed by atoms with van der Waals surface area (Å²) in [4.78, 5) is 8.53. The summed E-state index contributed by atoms with van der Waals surface area (Å²) in [7, 11) is 0. The van der Waals surface area contributed by atoms with Crippen LogP contribution in [0.4, 0.5) is 10.1 Å². The van der Waals surface area contributed by atoms with Crippen LogP contribution in [0.1, 0.15) is 5.82 Å². The summed E-state index contributed by atoms with van der Waals surface area (Å²) in [6.07, 6.45) is 1.70. The normalized spacial score (nSPS) is 10.4. The topological polar surface area (TPSA) is 66.5 Å². The van der Waals surface area contributed by atoms with Gasteiger partial charge < -0.3 is 5.32 Å². The van der Waals surface area contributed by atoms with Crippen LogP contribution in [0.25, 0.3) is 11.5 Å². The van der Waals surface area contributed by atoms with E-state index in [2.05, 4.69) is 25.5 Å². The summed E-state index contributed by atoms with van der Waals surface area (Å²) in [6.45, 7) is 0.478. The minimum Gasteiger partial charge on any atom is -0.378 e. The van der Waals surface area contributed by atoms with Gasteiger partial charge in [0.1, 0.15) is 17.3 Å². The Kier molecular flexibility index (Phi) is 3.36. The predicted octanol–water partition coefficient (Wildman–Crippen LogP) is 2.62. The van der Waals surface area contributed by atoms with E-state index in [-0.39, 0.29) is 5.82 Å². The van der Waals surface area contributed by atoms with E-state index < -0.39 is 0 Å². The van der Waals surface area contributed by atoms with Crippen molar-refractivity contribution in [2.75, 3.05) is 5.32 Å². The molecule has 0 aliphatic rings. The van der Waals surface area contributed by atoms with Gasteiger partial charge in [0.2, 0.25) is 0 Å². The number of rotatable bonds is 4. The van der Waals surface area contributed by atoms with E-state index in [4.69, 9.17) is 0 Å². The lowest BCUT2D eigenvalue weighted by Crippen LogP contribution is -2.01. The van der Waals surface area contributed by atoms with Gasteiger partial charge in [-0.3, -0.25) is 10.1 Å². The van der Waals surface area contributed by atoms with Crippen LogP contribution < -0.4 is 5.32 Å². The number of H-pyrrole nitrogens is 1. The molecule has 0 amide bonds. The number of aromatic nitrogens is 4. The molecule has 0 aliphatic heterocycles. The van der Waals surface area contributed by atoms with Gasteiger partial charge in [0.05, 0.1) is 6.54 Å². The number of hydrogen-bond acceptors (Lipinski definition) is 4. The van der Waals surface area contributed by atoms with Crippen LogP contribution in [-0.4, -0.2) is 20.2 Å². The molecule has 0 aliphatic carbocycles. The fourth-order valence-electron chi connectivity index (χ4n) is 1.74. The maximum absolute atomic E-state index is 12.8. The van der Waals surface area contributed by atoms with Crippen LogP contribution in [0.5, 0.6) is 0 Å². The minimum atomic E-state index is -0.257. The van der Waals surface area contributed by atoms with Gasteiger partial charge in [0, 0.05) is 11.9 Å². The van der Waals surface area contributed by atoms with Crippen LogP contribution in [0.15, 0.2) is 48.7 Å². The van der Waals surface area contributed by atoms with E-state index in [0.717, 1.165) is 11.4 Å². The van der Waals surface area contributed by atoms with Gasteiger partial charge in [0.15, 0.2) is 5.82 Å². The number of hydrogen-bond donors (Lipinski definition) is 2. The summed E-state index contributed by atoms with van der Waals surface area (Å²) in [5, 5.41) is 10.1. The van der Waals surface area contributed by atoms with Crippen LogP contribution in [0.3, 0.4) is 0 Å². The van der Waals surface area contributed by atoms with E-state index in [1.165, 1.54) is 12.1 Å². The molecule has 0 atom stereocenters. The van der Waals surface area contributed by atoms with Crippen molar-refractivity contribution in [1.29, 1.82) is 0 Å². The summed E-state index contributed by atoms with van der Waals surface area (Å²) in [5.41, 5.74) is 1.54. The van der Waals surface area contributed by atoms with Crippen molar-refractivity contribution in [3.63, 3.8) is 0 Å². The third-order valence-corrected chi connectivity index (χ3v) is 2.73. The molecular weight excluding hydrogens is 257 g/mol. The average molecular weight is 269 g/mol. The molecule has 0 spiro atoms. The third-order valence-electron chi connectivity index (χ3n) is 2.73. The summed E-state index contributed by atoms with van der Waals surface area (Å²) < 4.78 is 12.8. The van der Waals surface area contributed by atoms with Gasteiger partial charge >= 0.3 is 0 Å². The van der Waals surface area contributed by atoms with Crippen molar-refractivity contribution in [3.8, 4) is 11.5 Å². The highest BCUT2D eigenvalue weighted by Crippen LogP contribution is 2.12. The highest BCUT2D eigenvalue weighted by Gasteiger charge is 2.06. The number of nitrogens with zero attached hydrogens (tertiary/aromatic N) is 3. The van der Waals surface area contributed by atoms with Crippen LogP contribution in [0.2, 0.25) is 0 Å². The quantitative estimate of drug-likeness (QED) is 0.764. The van der Waals surface area contributed by atoms with Gasteiger partial charge in [0.25, 0.3) is 0 Å². The van der Waals surface area contributed by atoms with Gasteiger partial charge in [-0.15, -0.1) is 0 Å². The highest BCUT2D eigenvalue weighted by atomic mass is 19.1. The van der Waals surface area contributed by atoms with Crippen LogP contribution in [-0.2, 0) is 6.54 Å². The number of nitrogens with one attached hydrogen (secondary N) is 2. The fraction of sp³-hybridized carbons (Fsp3) is 0.0714. The lowest BCUT2D eigenvalue weighted by atomic mass is 10.3. The number of aromatic amines is 1. The van der Waals surface area contributed by atoms with Crippen molar-refractivity contribution in [3.05, 3.63) is 60.3 Å². The zero-order valence-corrected chi connectivity index (χ0v) is 10.5. The van der Waals surface area contributed by atoms with E-state index in [1.54, 1.807) is 18.3 Å². The molecule has 0 fully saturated rings. The second-order valence-electron chi connectivity index (χ2n) is 4.18. The van der Waals surface area contributed by atoms with Crippen molar-refractivity contribution < 1.29 is 4.39 Å². The Morgan fingerprint density at radius 3 is 2.70 bits per heavy atom. The second-order valence-corrected chi connectivity index (χ2v) is 4.18. The molecule has 20 heavy (non-hydrogen) atoms. The molecule has 2 N–H and O–H groups in total. The molecule has 0 saturated heterocycles. The Labute approximate surface area is 114 Å². The number of anilines is 1. The zero-order chi connectivity index (χ0) is 13.8. The number of halogens is 1. The SMILES string of the molecule is Fc1ccc(NCc2nc(-c3ccccn3)n[nH]2)cc1. The fourth-order valence-corrected chi connectivity index (χ4v) is 1.74. The van der Waals surface area contributed by atoms with E-state index in [9.17, 15) is 4.39 Å². The van der Waals surface area contributed by atoms with Gasteiger partial charge in [-0.05, 0) is 36.4 Å². The molecule has 100 valence electrons. The molecule has 2 aromatic heterocycles. The summed E-state index contributed by atoms with van der Waals surface area (Å²) in [6, 6.07) is 11.7.